The average molecular weight is 381 g/mol. The summed E-state index contributed by atoms with van der Waals surface area (Å²) in [4.78, 5) is 6.63. The molecule has 0 radical (unpaired) electrons. The van der Waals surface area contributed by atoms with Gasteiger partial charge in [0.05, 0.1) is 36.3 Å². The van der Waals surface area contributed by atoms with Crippen LogP contribution in [0.2, 0.25) is 0 Å². The van der Waals surface area contributed by atoms with Gasteiger partial charge in [0.25, 0.3) is 0 Å². The third-order valence-electron chi connectivity index (χ3n) is 4.92. The molecule has 0 spiro atoms. The molecule has 1 aliphatic rings. The van der Waals surface area contributed by atoms with E-state index in [-0.39, 0.29) is 11.8 Å². The fourth-order valence-electron chi connectivity index (χ4n) is 3.39. The van der Waals surface area contributed by atoms with Gasteiger partial charge in [0.1, 0.15) is 0 Å². The van der Waals surface area contributed by atoms with Crippen molar-refractivity contribution < 1.29 is 13.2 Å². The first-order valence-electron chi connectivity index (χ1n) is 9.15. The Bertz CT molecular complexity index is 813. The highest BCUT2D eigenvalue weighted by molar-refractivity contribution is 7.89. The number of aromatic nitrogens is 2. The second-order valence-electron chi connectivity index (χ2n) is 7.05. The lowest BCUT2D eigenvalue weighted by atomic mass is 10.0. The van der Waals surface area contributed by atoms with Gasteiger partial charge < -0.3 is 9.30 Å². The monoisotopic (exact) mass is 380 g/mol. The number of nitrogens with one attached hydrogen (secondary N) is 1. The summed E-state index contributed by atoms with van der Waals surface area (Å²) in [5.74, 6) is 0.412. The minimum Gasteiger partial charge on any atom is -0.379 e. The van der Waals surface area contributed by atoms with E-state index >= 15 is 0 Å². The first kappa shape index (κ1) is 19.3. The summed E-state index contributed by atoms with van der Waals surface area (Å²) < 4.78 is 35.1. The molecule has 1 atom stereocenters. The second-order valence-corrected chi connectivity index (χ2v) is 8.98. The first-order valence-corrected chi connectivity index (χ1v) is 10.8. The standard InChI is InChI=1S/C18H28N4O3S/c1-15(2)18(21-7-10-25-11-8-21)13-20-26(23,24)12-9-22-14-19-16-5-3-4-6-17(16)22/h3-6,14-15,18,20H,7-13H2,1-2H3/t18-/m1/s1. The maximum atomic E-state index is 12.5. The third kappa shape index (κ3) is 4.82. The molecule has 26 heavy (non-hydrogen) atoms. The number of nitrogens with zero attached hydrogens (tertiary/aromatic N) is 3. The number of morpholine rings is 1. The van der Waals surface area contributed by atoms with E-state index in [4.69, 9.17) is 4.74 Å². The first-order chi connectivity index (χ1) is 12.5. The molecule has 1 fully saturated rings. The predicted molar refractivity (Wildman–Crippen MR) is 103 cm³/mol. The van der Waals surface area contributed by atoms with Gasteiger partial charge in [0, 0.05) is 32.2 Å². The Hall–Kier alpha value is -1.48. The molecular formula is C18H28N4O3S. The van der Waals surface area contributed by atoms with Crippen LogP contribution in [0.5, 0.6) is 0 Å². The normalized spacial score (nSPS) is 17.8. The van der Waals surface area contributed by atoms with Gasteiger partial charge in [-0.15, -0.1) is 0 Å². The van der Waals surface area contributed by atoms with Crippen LogP contribution in [0.15, 0.2) is 30.6 Å². The number of imidazole rings is 1. The Morgan fingerprint density at radius 3 is 2.69 bits per heavy atom. The van der Waals surface area contributed by atoms with Crippen molar-refractivity contribution in [2.75, 3.05) is 38.6 Å². The number of rotatable bonds is 8. The Morgan fingerprint density at radius 1 is 1.23 bits per heavy atom. The molecule has 0 aliphatic carbocycles. The van der Waals surface area contributed by atoms with Crippen molar-refractivity contribution in [1.82, 2.24) is 19.2 Å². The van der Waals surface area contributed by atoms with Gasteiger partial charge in [-0.25, -0.2) is 18.1 Å². The van der Waals surface area contributed by atoms with Gasteiger partial charge in [-0.2, -0.15) is 0 Å². The fourth-order valence-corrected chi connectivity index (χ4v) is 4.39. The fraction of sp³-hybridized carbons (Fsp3) is 0.611. The zero-order valence-corrected chi connectivity index (χ0v) is 16.3. The van der Waals surface area contributed by atoms with Gasteiger partial charge >= 0.3 is 0 Å². The van der Waals surface area contributed by atoms with Crippen molar-refractivity contribution in [3.8, 4) is 0 Å². The molecule has 1 aromatic heterocycles. The van der Waals surface area contributed by atoms with Gasteiger partial charge in [0.2, 0.25) is 10.0 Å². The maximum absolute atomic E-state index is 12.5. The van der Waals surface area contributed by atoms with Crippen LogP contribution >= 0.6 is 0 Å². The van der Waals surface area contributed by atoms with Gasteiger partial charge in [-0.05, 0) is 18.1 Å². The zero-order chi connectivity index (χ0) is 18.6. The molecule has 144 valence electrons. The molecule has 0 unspecified atom stereocenters. The Morgan fingerprint density at radius 2 is 1.96 bits per heavy atom. The molecule has 1 saturated heterocycles. The second kappa shape index (κ2) is 8.47. The SMILES string of the molecule is CC(C)[C@@H](CNS(=O)(=O)CCn1cnc2ccccc21)N1CCOCC1. The van der Waals surface area contributed by atoms with E-state index in [2.05, 4.69) is 28.5 Å². The maximum Gasteiger partial charge on any atom is 0.213 e. The molecule has 8 heteroatoms. The van der Waals surface area contributed by atoms with Crippen molar-refractivity contribution >= 4 is 21.1 Å². The van der Waals surface area contributed by atoms with Crippen LogP contribution in [0.3, 0.4) is 0 Å². The lowest BCUT2D eigenvalue weighted by Crippen LogP contribution is -2.51. The summed E-state index contributed by atoms with van der Waals surface area (Å²) in [6.07, 6.45) is 1.70. The highest BCUT2D eigenvalue weighted by Crippen LogP contribution is 2.14. The molecule has 7 nitrogen and oxygen atoms in total. The van der Waals surface area contributed by atoms with E-state index in [0.717, 1.165) is 24.1 Å². The number of ether oxygens (including phenoxy) is 1. The van der Waals surface area contributed by atoms with Crippen molar-refractivity contribution in [2.24, 2.45) is 5.92 Å². The Kier molecular flexibility index (Phi) is 6.29. The summed E-state index contributed by atoms with van der Waals surface area (Å²) in [5.41, 5.74) is 1.83. The summed E-state index contributed by atoms with van der Waals surface area (Å²) in [6.45, 7) is 8.22. The molecule has 1 aliphatic heterocycles. The third-order valence-corrected chi connectivity index (χ3v) is 6.25. The summed E-state index contributed by atoms with van der Waals surface area (Å²) in [5, 5.41) is 0. The zero-order valence-electron chi connectivity index (χ0n) is 15.5. The molecule has 2 heterocycles. The highest BCUT2D eigenvalue weighted by atomic mass is 32.2. The topological polar surface area (TPSA) is 76.5 Å². The van der Waals surface area contributed by atoms with E-state index in [1.165, 1.54) is 0 Å². The minimum atomic E-state index is -3.35. The Balaban J connectivity index is 1.57. The molecule has 2 aromatic rings. The van der Waals surface area contributed by atoms with Crippen molar-refractivity contribution in [3.05, 3.63) is 30.6 Å². The smallest absolute Gasteiger partial charge is 0.213 e. The van der Waals surface area contributed by atoms with Crippen LogP contribution in [0.25, 0.3) is 11.0 Å². The lowest BCUT2D eigenvalue weighted by Gasteiger charge is -2.36. The van der Waals surface area contributed by atoms with Crippen molar-refractivity contribution in [1.29, 1.82) is 0 Å². The van der Waals surface area contributed by atoms with Crippen LogP contribution in [0.1, 0.15) is 13.8 Å². The van der Waals surface area contributed by atoms with E-state index < -0.39 is 10.0 Å². The lowest BCUT2D eigenvalue weighted by molar-refractivity contribution is 0.00776. The number of para-hydroxylation sites is 2. The summed E-state index contributed by atoms with van der Waals surface area (Å²) >= 11 is 0. The largest absolute Gasteiger partial charge is 0.379 e. The van der Waals surface area contributed by atoms with Crippen LogP contribution in [0, 0.1) is 5.92 Å². The molecule has 0 amide bonds. The average Bonchev–Trinajstić information content (AvgIpc) is 3.04. The van der Waals surface area contributed by atoms with E-state index in [1.54, 1.807) is 6.33 Å². The van der Waals surface area contributed by atoms with Crippen LogP contribution in [-0.2, 0) is 21.3 Å². The molecule has 1 N–H and O–H groups in total. The van der Waals surface area contributed by atoms with E-state index in [9.17, 15) is 8.42 Å². The van der Waals surface area contributed by atoms with Crippen LogP contribution in [-0.4, -0.2) is 67.5 Å². The molecular weight excluding hydrogens is 352 g/mol. The molecule has 1 aromatic carbocycles. The number of hydrogen-bond acceptors (Lipinski definition) is 5. The van der Waals surface area contributed by atoms with Crippen molar-refractivity contribution in [3.63, 3.8) is 0 Å². The van der Waals surface area contributed by atoms with Gasteiger partial charge in [-0.3, -0.25) is 4.90 Å². The molecule has 0 bridgehead atoms. The number of sulfonamides is 1. The van der Waals surface area contributed by atoms with E-state index in [0.29, 0.717) is 32.2 Å². The predicted octanol–water partition coefficient (Wildman–Crippen LogP) is 1.31. The Labute approximate surface area is 155 Å². The van der Waals surface area contributed by atoms with E-state index in [1.807, 2.05) is 28.8 Å². The number of benzene rings is 1. The number of hydrogen-bond donors (Lipinski definition) is 1. The molecule has 0 saturated carbocycles. The van der Waals surface area contributed by atoms with Gasteiger partial charge in [-0.1, -0.05) is 26.0 Å². The minimum absolute atomic E-state index is 0.0429. The quantitative estimate of drug-likeness (QED) is 0.747. The number of aryl methyl sites for hydroxylation is 1. The number of fused-ring (bicyclic) bond motifs is 1. The summed E-state index contributed by atoms with van der Waals surface area (Å²) in [7, 11) is -3.35. The molecule has 3 rings (SSSR count). The van der Waals surface area contributed by atoms with Gasteiger partial charge in [0.15, 0.2) is 0 Å². The van der Waals surface area contributed by atoms with Crippen LogP contribution in [0.4, 0.5) is 0 Å². The highest BCUT2D eigenvalue weighted by Gasteiger charge is 2.25. The van der Waals surface area contributed by atoms with Crippen LogP contribution < -0.4 is 4.72 Å². The summed E-state index contributed by atoms with van der Waals surface area (Å²) in [6, 6.07) is 7.92. The van der Waals surface area contributed by atoms with Crippen molar-refractivity contribution in [2.45, 2.75) is 26.4 Å².